The number of hydrogen-bond donors (Lipinski definition) is 3. The minimum Gasteiger partial charge on any atom is -0.481 e. The Morgan fingerprint density at radius 2 is 1.82 bits per heavy atom. The van der Waals surface area contributed by atoms with Gasteiger partial charge in [0.25, 0.3) is 0 Å². The van der Waals surface area contributed by atoms with Gasteiger partial charge in [-0.05, 0) is 17.9 Å². The van der Waals surface area contributed by atoms with E-state index in [4.69, 9.17) is 10.8 Å². The monoisotopic (exact) mass is 244 g/mol. The van der Waals surface area contributed by atoms with Crippen molar-refractivity contribution in [3.05, 3.63) is 0 Å². The van der Waals surface area contributed by atoms with Gasteiger partial charge in [0.05, 0.1) is 6.42 Å². The summed E-state index contributed by atoms with van der Waals surface area (Å²) in [6.45, 7) is 8.07. The number of carboxylic acids is 1. The second-order valence-corrected chi connectivity index (χ2v) is 5.63. The van der Waals surface area contributed by atoms with Gasteiger partial charge in [0, 0.05) is 12.5 Å². The molecular weight excluding hydrogens is 220 g/mol. The smallest absolute Gasteiger partial charge is 0.305 e. The molecule has 0 bridgehead atoms. The Labute approximate surface area is 103 Å². The number of nitrogens with two attached hydrogens (primary N) is 1. The third-order valence-corrected chi connectivity index (χ3v) is 2.70. The van der Waals surface area contributed by atoms with Crippen LogP contribution in [-0.4, -0.2) is 29.6 Å². The Bertz CT molecular complexity index is 271. The van der Waals surface area contributed by atoms with Crippen molar-refractivity contribution in [2.45, 2.75) is 46.6 Å². The lowest BCUT2D eigenvalue weighted by Gasteiger charge is -2.30. The molecule has 0 saturated heterocycles. The number of carbonyl (C=O) groups excluding carboxylic acids is 1. The fourth-order valence-corrected chi connectivity index (χ4v) is 1.40. The van der Waals surface area contributed by atoms with Gasteiger partial charge in [-0.15, -0.1) is 0 Å². The molecule has 4 N–H and O–H groups in total. The molecule has 0 spiro atoms. The fourth-order valence-electron chi connectivity index (χ4n) is 1.40. The highest BCUT2D eigenvalue weighted by molar-refractivity contribution is 5.77. The summed E-state index contributed by atoms with van der Waals surface area (Å²) in [7, 11) is 0. The lowest BCUT2D eigenvalue weighted by Crippen LogP contribution is -2.45. The summed E-state index contributed by atoms with van der Waals surface area (Å²) < 4.78 is 0. The molecular formula is C12H24N2O3. The van der Waals surface area contributed by atoms with Gasteiger partial charge in [0.1, 0.15) is 0 Å². The van der Waals surface area contributed by atoms with Crippen LogP contribution in [0.2, 0.25) is 0 Å². The van der Waals surface area contributed by atoms with E-state index in [0.717, 1.165) is 0 Å². The Morgan fingerprint density at radius 3 is 2.18 bits per heavy atom. The van der Waals surface area contributed by atoms with Crippen molar-refractivity contribution in [2.24, 2.45) is 17.1 Å². The van der Waals surface area contributed by atoms with Crippen LogP contribution in [-0.2, 0) is 9.59 Å². The topological polar surface area (TPSA) is 92.4 Å². The molecule has 0 rings (SSSR count). The average molecular weight is 244 g/mol. The molecule has 0 aliphatic rings. The summed E-state index contributed by atoms with van der Waals surface area (Å²) in [6.07, 6.45) is 0.273. The van der Waals surface area contributed by atoms with Crippen molar-refractivity contribution in [1.82, 2.24) is 5.32 Å². The van der Waals surface area contributed by atoms with E-state index in [1.54, 1.807) is 0 Å². The number of aliphatic carboxylic acids is 1. The number of hydrogen-bond acceptors (Lipinski definition) is 3. The van der Waals surface area contributed by atoms with Gasteiger partial charge in [-0.25, -0.2) is 0 Å². The fraction of sp³-hybridized carbons (Fsp3) is 0.833. The second kappa shape index (κ2) is 6.59. The van der Waals surface area contributed by atoms with E-state index < -0.39 is 5.97 Å². The van der Waals surface area contributed by atoms with Gasteiger partial charge < -0.3 is 16.2 Å². The number of nitrogens with one attached hydrogen (secondary N) is 1. The average Bonchev–Trinajstić information content (AvgIpc) is 2.14. The van der Waals surface area contributed by atoms with Gasteiger partial charge in [0.15, 0.2) is 0 Å². The van der Waals surface area contributed by atoms with Crippen LogP contribution in [0.15, 0.2) is 0 Å². The van der Waals surface area contributed by atoms with Crippen molar-refractivity contribution in [1.29, 1.82) is 0 Å². The zero-order chi connectivity index (χ0) is 13.6. The highest BCUT2D eigenvalue weighted by Gasteiger charge is 2.28. The number of rotatable bonds is 6. The zero-order valence-electron chi connectivity index (χ0n) is 11.1. The van der Waals surface area contributed by atoms with Crippen LogP contribution >= 0.6 is 0 Å². The first kappa shape index (κ1) is 15.9. The van der Waals surface area contributed by atoms with E-state index in [9.17, 15) is 9.59 Å². The second-order valence-electron chi connectivity index (χ2n) is 5.63. The van der Waals surface area contributed by atoms with Crippen LogP contribution in [0.1, 0.15) is 40.5 Å². The maximum Gasteiger partial charge on any atom is 0.305 e. The summed E-state index contributed by atoms with van der Waals surface area (Å²) in [5.74, 6) is -0.929. The first-order chi connectivity index (χ1) is 7.66. The highest BCUT2D eigenvalue weighted by atomic mass is 16.4. The molecule has 5 nitrogen and oxygen atoms in total. The standard InChI is InChI=1S/C12H24N2O3/c1-8(7-13)5-10(15)14-9(6-11(16)17)12(2,3)4/h8-9H,5-7,13H2,1-4H3,(H,14,15)(H,16,17). The third kappa shape index (κ3) is 6.94. The molecule has 0 radical (unpaired) electrons. The highest BCUT2D eigenvalue weighted by Crippen LogP contribution is 2.22. The van der Waals surface area contributed by atoms with Gasteiger partial charge in [0.2, 0.25) is 5.91 Å². The predicted molar refractivity (Wildman–Crippen MR) is 66.5 cm³/mol. The predicted octanol–water partition coefficient (Wildman–Crippen LogP) is 0.977. The molecule has 0 aromatic rings. The Kier molecular flexibility index (Phi) is 6.16. The van der Waals surface area contributed by atoms with Gasteiger partial charge >= 0.3 is 5.97 Å². The molecule has 0 heterocycles. The van der Waals surface area contributed by atoms with Crippen LogP contribution in [0, 0.1) is 11.3 Å². The minimum atomic E-state index is -0.905. The summed E-state index contributed by atoms with van der Waals surface area (Å²) in [5, 5.41) is 11.6. The number of carbonyl (C=O) groups is 2. The van der Waals surface area contributed by atoms with Crippen LogP contribution in [0.4, 0.5) is 0 Å². The zero-order valence-corrected chi connectivity index (χ0v) is 11.1. The van der Waals surface area contributed by atoms with E-state index in [1.165, 1.54) is 0 Å². The Morgan fingerprint density at radius 1 is 1.29 bits per heavy atom. The van der Waals surface area contributed by atoms with Gasteiger partial charge in [-0.1, -0.05) is 27.7 Å². The largest absolute Gasteiger partial charge is 0.481 e. The van der Waals surface area contributed by atoms with E-state index in [0.29, 0.717) is 13.0 Å². The first-order valence-electron chi connectivity index (χ1n) is 5.88. The van der Waals surface area contributed by atoms with E-state index in [1.807, 2.05) is 27.7 Å². The van der Waals surface area contributed by atoms with Crippen molar-refractivity contribution >= 4 is 11.9 Å². The van der Waals surface area contributed by atoms with Crippen molar-refractivity contribution < 1.29 is 14.7 Å². The third-order valence-electron chi connectivity index (χ3n) is 2.70. The molecule has 100 valence electrons. The Hall–Kier alpha value is -1.10. The maximum absolute atomic E-state index is 11.7. The minimum absolute atomic E-state index is 0.0632. The van der Waals surface area contributed by atoms with Crippen LogP contribution in [0.5, 0.6) is 0 Å². The van der Waals surface area contributed by atoms with E-state index >= 15 is 0 Å². The van der Waals surface area contributed by atoms with E-state index in [-0.39, 0.29) is 29.7 Å². The van der Waals surface area contributed by atoms with E-state index in [2.05, 4.69) is 5.32 Å². The molecule has 0 aromatic heterocycles. The molecule has 2 atom stereocenters. The summed E-state index contributed by atoms with van der Waals surface area (Å²) >= 11 is 0. The molecule has 5 heteroatoms. The van der Waals surface area contributed by atoms with Crippen molar-refractivity contribution in [3.8, 4) is 0 Å². The molecule has 17 heavy (non-hydrogen) atoms. The van der Waals surface area contributed by atoms with Gasteiger partial charge in [-0.2, -0.15) is 0 Å². The molecule has 0 fully saturated rings. The molecule has 0 aliphatic heterocycles. The number of amides is 1. The Balaban J connectivity index is 4.44. The van der Waals surface area contributed by atoms with Crippen LogP contribution in [0.3, 0.4) is 0 Å². The lowest BCUT2D eigenvalue weighted by molar-refractivity contribution is -0.138. The SMILES string of the molecule is CC(CN)CC(=O)NC(CC(=O)O)C(C)(C)C. The number of carboxylic acid groups (broad SMARTS) is 1. The maximum atomic E-state index is 11.7. The molecule has 0 aromatic carbocycles. The lowest BCUT2D eigenvalue weighted by atomic mass is 9.84. The first-order valence-corrected chi connectivity index (χ1v) is 5.88. The molecule has 0 saturated carbocycles. The molecule has 1 amide bonds. The van der Waals surface area contributed by atoms with Crippen molar-refractivity contribution in [3.63, 3.8) is 0 Å². The molecule has 0 aliphatic carbocycles. The normalized spacial score (nSPS) is 15.1. The van der Waals surface area contributed by atoms with Crippen LogP contribution in [0.25, 0.3) is 0 Å². The summed E-state index contributed by atoms with van der Waals surface area (Å²) in [4.78, 5) is 22.4. The summed E-state index contributed by atoms with van der Waals surface area (Å²) in [5.41, 5.74) is 5.17. The van der Waals surface area contributed by atoms with Gasteiger partial charge in [-0.3, -0.25) is 9.59 Å². The quantitative estimate of drug-likeness (QED) is 0.649. The summed E-state index contributed by atoms with van der Waals surface area (Å²) in [6, 6.07) is -0.363. The van der Waals surface area contributed by atoms with Crippen molar-refractivity contribution in [2.75, 3.05) is 6.54 Å². The van der Waals surface area contributed by atoms with Crippen LogP contribution < -0.4 is 11.1 Å². The molecule has 2 unspecified atom stereocenters.